The molecule has 0 saturated carbocycles. The van der Waals surface area contributed by atoms with Gasteiger partial charge in [0.05, 0.1) is 18.3 Å². The molecule has 0 saturated heterocycles. The van der Waals surface area contributed by atoms with Crippen molar-refractivity contribution in [3.8, 4) is 5.75 Å². The molecule has 0 aliphatic carbocycles. The predicted octanol–water partition coefficient (Wildman–Crippen LogP) is 0.929. The molecular weight excluding hydrogens is 245 g/mol. The summed E-state index contributed by atoms with van der Waals surface area (Å²) in [6.45, 7) is -0.475. The molecule has 0 spiro atoms. The summed E-state index contributed by atoms with van der Waals surface area (Å²) >= 11 is 0. The van der Waals surface area contributed by atoms with Crippen LogP contribution in [0.4, 0.5) is 24.7 Å². The summed E-state index contributed by atoms with van der Waals surface area (Å²) in [5.41, 5.74) is 9.35. The quantitative estimate of drug-likeness (QED) is 0.610. The predicted molar refractivity (Wildman–Crippen MR) is 49.9 cm³/mol. The lowest BCUT2D eigenvalue weighted by Gasteiger charge is -2.11. The van der Waals surface area contributed by atoms with Crippen molar-refractivity contribution in [2.75, 3.05) is 5.73 Å². The van der Waals surface area contributed by atoms with Crippen molar-refractivity contribution >= 4 is 11.5 Å². The molecule has 7 nitrogen and oxygen atoms in total. The van der Waals surface area contributed by atoms with E-state index in [1.54, 1.807) is 0 Å². The zero-order chi connectivity index (χ0) is 13.2. The van der Waals surface area contributed by atoms with E-state index in [1.807, 2.05) is 0 Å². The van der Waals surface area contributed by atoms with Crippen molar-refractivity contribution in [2.24, 2.45) is 5.73 Å². The highest BCUT2D eigenvalue weighted by Crippen LogP contribution is 2.33. The van der Waals surface area contributed by atoms with Crippen LogP contribution in [0.1, 0.15) is 5.69 Å². The van der Waals surface area contributed by atoms with Crippen LogP contribution in [0.15, 0.2) is 6.07 Å². The third kappa shape index (κ3) is 3.17. The number of nitro groups is 1. The fourth-order valence-corrected chi connectivity index (χ4v) is 1.06. The molecule has 10 heteroatoms. The number of rotatable bonds is 3. The largest absolute Gasteiger partial charge is 0.573 e. The summed E-state index contributed by atoms with van der Waals surface area (Å²) in [5, 5.41) is 10.4. The molecule has 0 unspecified atom stereocenters. The smallest absolute Gasteiger partial charge is 0.399 e. The Balaban J connectivity index is 3.26. The topological polar surface area (TPSA) is 117 Å². The molecule has 1 heterocycles. The number of hydrogen-bond acceptors (Lipinski definition) is 6. The van der Waals surface area contributed by atoms with Gasteiger partial charge in [-0.05, 0) is 9.91 Å². The van der Waals surface area contributed by atoms with Crippen LogP contribution in [-0.2, 0) is 6.54 Å². The normalized spacial score (nSPS) is 11.3. The lowest BCUT2D eigenvalue weighted by Crippen LogP contribution is -2.20. The van der Waals surface area contributed by atoms with Crippen LogP contribution in [0, 0.1) is 10.1 Å². The van der Waals surface area contributed by atoms with Crippen LogP contribution < -0.4 is 16.2 Å². The molecule has 1 aromatic heterocycles. The molecule has 0 aliphatic rings. The molecule has 0 aliphatic heterocycles. The minimum Gasteiger partial charge on any atom is -0.399 e. The van der Waals surface area contributed by atoms with Crippen molar-refractivity contribution in [3.05, 3.63) is 21.9 Å². The van der Waals surface area contributed by atoms with E-state index >= 15 is 0 Å². The fraction of sp³-hybridized carbons (Fsp3) is 0.286. The monoisotopic (exact) mass is 252 g/mol. The first kappa shape index (κ1) is 13.0. The highest BCUT2D eigenvalue weighted by Gasteiger charge is 2.35. The highest BCUT2D eigenvalue weighted by molar-refractivity contribution is 5.58. The van der Waals surface area contributed by atoms with Gasteiger partial charge in [0.1, 0.15) is 0 Å². The standard InChI is InChI=1S/C7H7F3N4O3/c8-7(9,10)17-6-3(12)1-5(14(15)16)13-4(6)2-11/h1H,2,11H2,(H2,12,13). The maximum Gasteiger partial charge on any atom is 0.573 e. The summed E-state index contributed by atoms with van der Waals surface area (Å²) in [6.07, 6.45) is -4.98. The molecule has 0 amide bonds. The van der Waals surface area contributed by atoms with Gasteiger partial charge in [-0.1, -0.05) is 0 Å². The summed E-state index contributed by atoms with van der Waals surface area (Å²) in [5.74, 6) is -1.51. The number of nitrogens with two attached hydrogens (primary N) is 2. The van der Waals surface area contributed by atoms with Crippen LogP contribution in [0.25, 0.3) is 0 Å². The van der Waals surface area contributed by atoms with E-state index in [4.69, 9.17) is 11.5 Å². The zero-order valence-electron chi connectivity index (χ0n) is 8.19. The van der Waals surface area contributed by atoms with Crippen LogP contribution in [0.5, 0.6) is 5.75 Å². The van der Waals surface area contributed by atoms with Crippen molar-refractivity contribution < 1.29 is 22.8 Å². The number of aromatic nitrogens is 1. The van der Waals surface area contributed by atoms with E-state index in [2.05, 4.69) is 9.72 Å². The second-order valence-corrected chi connectivity index (χ2v) is 2.85. The average molecular weight is 252 g/mol. The maximum absolute atomic E-state index is 12.0. The van der Waals surface area contributed by atoms with E-state index in [9.17, 15) is 23.3 Å². The first-order valence-corrected chi connectivity index (χ1v) is 4.14. The Bertz CT molecular complexity index is 449. The Labute approximate surface area is 92.3 Å². The van der Waals surface area contributed by atoms with Gasteiger partial charge in [0.15, 0.2) is 0 Å². The van der Waals surface area contributed by atoms with Crippen LogP contribution in [-0.4, -0.2) is 16.3 Å². The molecule has 0 fully saturated rings. The minimum absolute atomic E-state index is 0.436. The maximum atomic E-state index is 12.0. The number of hydrogen-bond donors (Lipinski definition) is 2. The highest BCUT2D eigenvalue weighted by atomic mass is 19.4. The van der Waals surface area contributed by atoms with Gasteiger partial charge in [-0.15, -0.1) is 13.2 Å². The first-order chi connectivity index (χ1) is 7.74. The SMILES string of the molecule is NCc1nc([N+](=O)[O-])cc(N)c1OC(F)(F)F. The third-order valence-electron chi connectivity index (χ3n) is 1.66. The Morgan fingerprint density at radius 1 is 1.53 bits per heavy atom. The van der Waals surface area contributed by atoms with Crippen molar-refractivity contribution in [3.63, 3.8) is 0 Å². The van der Waals surface area contributed by atoms with Crippen molar-refractivity contribution in [1.82, 2.24) is 4.98 Å². The fourth-order valence-electron chi connectivity index (χ4n) is 1.06. The molecule has 0 aromatic carbocycles. The molecule has 0 radical (unpaired) electrons. The average Bonchev–Trinajstić information content (AvgIpc) is 2.18. The number of alkyl halides is 3. The van der Waals surface area contributed by atoms with E-state index < -0.39 is 40.8 Å². The molecule has 0 atom stereocenters. The number of ether oxygens (including phenoxy) is 1. The van der Waals surface area contributed by atoms with E-state index in [0.717, 1.165) is 0 Å². The molecule has 94 valence electrons. The molecule has 4 N–H and O–H groups in total. The number of nitrogen functional groups attached to an aromatic ring is 1. The Hall–Kier alpha value is -2.10. The zero-order valence-corrected chi connectivity index (χ0v) is 8.19. The van der Waals surface area contributed by atoms with Gasteiger partial charge in [-0.3, -0.25) is 0 Å². The number of anilines is 1. The van der Waals surface area contributed by atoms with Gasteiger partial charge in [0, 0.05) is 0 Å². The van der Waals surface area contributed by atoms with E-state index in [1.165, 1.54) is 0 Å². The second kappa shape index (κ2) is 4.41. The van der Waals surface area contributed by atoms with Gasteiger partial charge in [-0.25, -0.2) is 0 Å². The second-order valence-electron chi connectivity index (χ2n) is 2.85. The molecule has 0 bridgehead atoms. The van der Waals surface area contributed by atoms with Gasteiger partial charge >= 0.3 is 12.2 Å². The van der Waals surface area contributed by atoms with Crippen LogP contribution >= 0.6 is 0 Å². The Morgan fingerprint density at radius 3 is 2.53 bits per heavy atom. The summed E-state index contributed by atoms with van der Waals surface area (Å²) in [6, 6.07) is 0.667. The summed E-state index contributed by atoms with van der Waals surface area (Å²) in [4.78, 5) is 12.8. The number of nitrogens with zero attached hydrogens (tertiary/aromatic N) is 2. The van der Waals surface area contributed by atoms with Crippen LogP contribution in [0.2, 0.25) is 0 Å². The first-order valence-electron chi connectivity index (χ1n) is 4.14. The van der Waals surface area contributed by atoms with E-state index in [-0.39, 0.29) is 0 Å². The minimum atomic E-state index is -4.98. The third-order valence-corrected chi connectivity index (χ3v) is 1.66. The number of pyridine rings is 1. The van der Waals surface area contributed by atoms with Crippen LogP contribution in [0.3, 0.4) is 0 Å². The van der Waals surface area contributed by atoms with Gasteiger partial charge in [-0.2, -0.15) is 0 Å². The van der Waals surface area contributed by atoms with Crippen molar-refractivity contribution in [1.29, 1.82) is 0 Å². The Kier molecular flexibility index (Phi) is 3.36. The molecule has 1 rings (SSSR count). The number of halogens is 3. The summed E-state index contributed by atoms with van der Waals surface area (Å²) in [7, 11) is 0. The lowest BCUT2D eigenvalue weighted by atomic mass is 10.2. The lowest BCUT2D eigenvalue weighted by molar-refractivity contribution is -0.389. The molecular formula is C7H7F3N4O3. The summed E-state index contributed by atoms with van der Waals surface area (Å²) < 4.78 is 39.6. The van der Waals surface area contributed by atoms with Gasteiger partial charge < -0.3 is 26.3 Å². The van der Waals surface area contributed by atoms with Gasteiger partial charge in [0.25, 0.3) is 0 Å². The molecule has 17 heavy (non-hydrogen) atoms. The van der Waals surface area contributed by atoms with E-state index in [0.29, 0.717) is 6.07 Å². The van der Waals surface area contributed by atoms with Gasteiger partial charge in [0.2, 0.25) is 11.4 Å². The molecule has 1 aromatic rings. The Morgan fingerprint density at radius 2 is 2.12 bits per heavy atom. The van der Waals surface area contributed by atoms with Crippen molar-refractivity contribution in [2.45, 2.75) is 12.9 Å².